The third-order valence-corrected chi connectivity index (χ3v) is 3.53. The molecule has 5 nitrogen and oxygen atoms in total. The minimum atomic E-state index is -0.342. The fourth-order valence-electron chi connectivity index (χ4n) is 2.28. The van der Waals surface area contributed by atoms with Crippen LogP contribution >= 0.6 is 0 Å². The van der Waals surface area contributed by atoms with Crippen molar-refractivity contribution in [2.75, 3.05) is 33.5 Å². The summed E-state index contributed by atoms with van der Waals surface area (Å²) in [6.45, 7) is 6.12. The first kappa shape index (κ1) is 17.5. The van der Waals surface area contributed by atoms with Crippen LogP contribution in [0.15, 0.2) is 30.3 Å². The Morgan fingerprint density at radius 2 is 2.00 bits per heavy atom. The molecule has 0 aliphatic carbocycles. The van der Waals surface area contributed by atoms with E-state index < -0.39 is 0 Å². The van der Waals surface area contributed by atoms with Gasteiger partial charge in [0.2, 0.25) is 6.04 Å². The summed E-state index contributed by atoms with van der Waals surface area (Å²) in [5, 5.41) is 0. The van der Waals surface area contributed by atoms with Gasteiger partial charge in [-0.25, -0.2) is 0 Å². The van der Waals surface area contributed by atoms with Crippen molar-refractivity contribution < 1.29 is 23.5 Å². The molecule has 2 rings (SSSR count). The predicted octanol–water partition coefficient (Wildman–Crippen LogP) is 2.55. The number of hydrogen-bond donors (Lipinski definition) is 0. The second-order valence-electron chi connectivity index (χ2n) is 5.22. The third-order valence-electron chi connectivity index (χ3n) is 3.53. The van der Waals surface area contributed by atoms with Gasteiger partial charge in [-0.2, -0.15) is 4.58 Å². The molecule has 1 aromatic rings. The zero-order chi connectivity index (χ0) is 16.5. The van der Waals surface area contributed by atoms with E-state index >= 15 is 0 Å². The van der Waals surface area contributed by atoms with E-state index in [0.29, 0.717) is 26.4 Å². The van der Waals surface area contributed by atoms with Gasteiger partial charge in [0, 0.05) is 18.8 Å². The fourth-order valence-corrected chi connectivity index (χ4v) is 2.28. The van der Waals surface area contributed by atoms with Gasteiger partial charge in [0.25, 0.3) is 0 Å². The highest BCUT2D eigenvalue weighted by Gasteiger charge is 2.20. The van der Waals surface area contributed by atoms with Crippen molar-refractivity contribution in [3.8, 4) is 5.75 Å². The molecule has 0 spiro atoms. The highest BCUT2D eigenvalue weighted by molar-refractivity contribution is 5.57. The molecule has 5 heteroatoms. The Morgan fingerprint density at radius 1 is 1.26 bits per heavy atom. The zero-order valence-corrected chi connectivity index (χ0v) is 14.1. The van der Waals surface area contributed by atoms with E-state index in [1.54, 1.807) is 6.40 Å². The second-order valence-corrected chi connectivity index (χ2v) is 5.22. The smallest absolute Gasteiger partial charge is 0.324 e. The van der Waals surface area contributed by atoms with Crippen molar-refractivity contribution in [2.24, 2.45) is 0 Å². The van der Waals surface area contributed by atoms with Gasteiger partial charge in [0.1, 0.15) is 19.4 Å². The molecule has 1 aliphatic rings. The van der Waals surface area contributed by atoms with E-state index in [4.69, 9.17) is 18.9 Å². The SMILES string of the molecule is CCOC(COc1ccccc1/C=C\C1COC=[N+]1C)OCC. The average molecular weight is 320 g/mol. The number of likely N-dealkylation sites (N-methyl/N-ethyl adjacent to an activating group) is 1. The van der Waals surface area contributed by atoms with Crippen LogP contribution in [0.3, 0.4) is 0 Å². The van der Waals surface area contributed by atoms with Gasteiger partial charge < -0.3 is 18.9 Å². The number of nitrogens with zero attached hydrogens (tertiary/aromatic N) is 1. The van der Waals surface area contributed by atoms with Crippen LogP contribution in [0.5, 0.6) is 5.75 Å². The van der Waals surface area contributed by atoms with Crippen LogP contribution in [-0.4, -0.2) is 56.8 Å². The molecule has 23 heavy (non-hydrogen) atoms. The summed E-state index contributed by atoms with van der Waals surface area (Å²) in [6, 6.07) is 8.19. The molecular formula is C18H26NO4+. The van der Waals surface area contributed by atoms with Crippen LogP contribution in [0.25, 0.3) is 6.08 Å². The molecule has 0 amide bonds. The molecule has 0 fully saturated rings. The molecule has 0 aromatic heterocycles. The van der Waals surface area contributed by atoms with Gasteiger partial charge in [0.15, 0.2) is 12.9 Å². The van der Waals surface area contributed by atoms with Gasteiger partial charge in [-0.3, -0.25) is 0 Å². The summed E-state index contributed by atoms with van der Waals surface area (Å²) < 4.78 is 24.3. The molecule has 1 aromatic carbocycles. The van der Waals surface area contributed by atoms with E-state index in [0.717, 1.165) is 11.3 Å². The van der Waals surface area contributed by atoms with Gasteiger partial charge >= 0.3 is 6.40 Å². The van der Waals surface area contributed by atoms with Crippen molar-refractivity contribution in [1.29, 1.82) is 0 Å². The van der Waals surface area contributed by atoms with Crippen molar-refractivity contribution >= 4 is 12.5 Å². The molecule has 0 saturated heterocycles. The van der Waals surface area contributed by atoms with E-state index in [1.165, 1.54) is 0 Å². The summed E-state index contributed by atoms with van der Waals surface area (Å²) in [5.41, 5.74) is 1.03. The fraction of sp³-hybridized carbons (Fsp3) is 0.500. The average Bonchev–Trinajstić information content (AvgIpc) is 2.97. The molecular weight excluding hydrogens is 294 g/mol. The van der Waals surface area contributed by atoms with Crippen molar-refractivity contribution in [1.82, 2.24) is 0 Å². The number of ether oxygens (including phenoxy) is 4. The van der Waals surface area contributed by atoms with Crippen molar-refractivity contribution in [3.63, 3.8) is 0 Å². The first-order valence-corrected chi connectivity index (χ1v) is 8.04. The maximum Gasteiger partial charge on any atom is 0.324 e. The Hall–Kier alpha value is -1.85. The molecule has 0 saturated carbocycles. The number of para-hydroxylation sites is 1. The monoisotopic (exact) mass is 320 g/mol. The summed E-state index contributed by atoms with van der Waals surface area (Å²) >= 11 is 0. The van der Waals surface area contributed by atoms with Crippen molar-refractivity contribution in [2.45, 2.75) is 26.2 Å². The van der Waals surface area contributed by atoms with Gasteiger partial charge in [-0.1, -0.05) is 18.2 Å². The lowest BCUT2D eigenvalue weighted by molar-refractivity contribution is -0.510. The second kappa shape index (κ2) is 9.33. The van der Waals surface area contributed by atoms with Crippen LogP contribution in [0.1, 0.15) is 19.4 Å². The highest BCUT2D eigenvalue weighted by Crippen LogP contribution is 2.20. The molecule has 1 atom stereocenters. The Kier molecular flexibility index (Phi) is 7.10. The van der Waals surface area contributed by atoms with Crippen LogP contribution in [-0.2, 0) is 14.2 Å². The molecule has 1 heterocycles. The minimum absolute atomic E-state index is 0.252. The Labute approximate surface area is 138 Å². The third kappa shape index (κ3) is 5.37. The molecule has 1 unspecified atom stereocenters. The van der Waals surface area contributed by atoms with E-state index in [9.17, 15) is 0 Å². The molecule has 1 aliphatic heterocycles. The van der Waals surface area contributed by atoms with Gasteiger partial charge in [-0.15, -0.1) is 0 Å². The topological polar surface area (TPSA) is 39.9 Å². The quantitative estimate of drug-likeness (QED) is 0.518. The lowest BCUT2D eigenvalue weighted by atomic mass is 10.1. The Bertz CT molecular complexity index is 536. The van der Waals surface area contributed by atoms with E-state index in [1.807, 2.05) is 49.7 Å². The summed E-state index contributed by atoms with van der Waals surface area (Å²) in [5.74, 6) is 0.818. The largest absolute Gasteiger partial charge is 0.488 e. The van der Waals surface area contributed by atoms with E-state index in [2.05, 4.69) is 12.2 Å². The number of rotatable bonds is 9. The normalized spacial score (nSPS) is 17.6. The van der Waals surface area contributed by atoms with Crippen LogP contribution in [0, 0.1) is 0 Å². The number of benzene rings is 1. The lowest BCUT2D eigenvalue weighted by Crippen LogP contribution is -2.25. The molecule has 0 bridgehead atoms. The van der Waals surface area contributed by atoms with Gasteiger partial charge in [-0.05, 0) is 32.1 Å². The molecule has 0 N–H and O–H groups in total. The maximum atomic E-state index is 5.89. The summed E-state index contributed by atoms with van der Waals surface area (Å²) in [6.07, 6.45) is 5.58. The van der Waals surface area contributed by atoms with Crippen molar-refractivity contribution in [3.05, 3.63) is 35.9 Å². The highest BCUT2D eigenvalue weighted by atomic mass is 16.7. The first-order valence-electron chi connectivity index (χ1n) is 8.04. The Balaban J connectivity index is 1.99. The minimum Gasteiger partial charge on any atom is -0.488 e. The Morgan fingerprint density at radius 3 is 2.65 bits per heavy atom. The predicted molar refractivity (Wildman–Crippen MR) is 90.0 cm³/mol. The maximum absolute atomic E-state index is 5.89. The standard InChI is InChI=1S/C18H26NO4/c1-4-21-18(22-5-2)13-23-17-9-7-6-8-15(17)10-11-16-12-20-14-19(16)3/h6-11,14,16,18H,4-5,12-13H2,1-3H3/q+1/b11-10-. The van der Waals surface area contributed by atoms with Crippen LogP contribution < -0.4 is 4.74 Å². The molecule has 0 radical (unpaired) electrons. The molecule has 126 valence electrons. The van der Waals surface area contributed by atoms with E-state index in [-0.39, 0.29) is 12.3 Å². The first-order chi connectivity index (χ1) is 11.2. The lowest BCUT2D eigenvalue weighted by Gasteiger charge is -2.18. The van der Waals surface area contributed by atoms with Crippen LogP contribution in [0.4, 0.5) is 0 Å². The number of hydrogen-bond acceptors (Lipinski definition) is 4. The summed E-state index contributed by atoms with van der Waals surface area (Å²) in [4.78, 5) is 0. The summed E-state index contributed by atoms with van der Waals surface area (Å²) in [7, 11) is 2.00. The zero-order valence-electron chi connectivity index (χ0n) is 14.1. The van der Waals surface area contributed by atoms with Gasteiger partial charge in [0.05, 0.1) is 0 Å². The van der Waals surface area contributed by atoms with Crippen LogP contribution in [0.2, 0.25) is 0 Å².